The Balaban J connectivity index is 1.42. The summed E-state index contributed by atoms with van der Waals surface area (Å²) >= 11 is 6.12. The smallest absolute Gasteiger partial charge is 0.225 e. The first-order valence-electron chi connectivity index (χ1n) is 9.25. The highest BCUT2D eigenvalue weighted by Gasteiger charge is 2.48. The van der Waals surface area contributed by atoms with Crippen LogP contribution in [0.5, 0.6) is 5.75 Å². The molecular formula is C19H26ClN3O4. The highest BCUT2D eigenvalue weighted by Crippen LogP contribution is 2.39. The number of rotatable bonds is 7. The number of likely N-dealkylation sites (tertiary alicyclic amines) is 1. The van der Waals surface area contributed by atoms with Crippen molar-refractivity contribution in [1.82, 2.24) is 10.2 Å². The van der Waals surface area contributed by atoms with Gasteiger partial charge in [0.25, 0.3) is 0 Å². The van der Waals surface area contributed by atoms with Crippen molar-refractivity contribution >= 4 is 29.6 Å². The molecule has 1 saturated heterocycles. The zero-order chi connectivity index (χ0) is 19.4. The molecule has 1 aromatic rings. The SMILES string of the molecule is Nc1ccc(OCC2CCN(C(=O)[C@H]3C[C@@](CO)(NC=O)C3)CC2)c(Cl)c1. The number of aliphatic hydroxyl groups is 1. The molecule has 1 aliphatic heterocycles. The van der Waals surface area contributed by atoms with E-state index < -0.39 is 5.54 Å². The van der Waals surface area contributed by atoms with Crippen molar-refractivity contribution in [2.75, 3.05) is 32.0 Å². The summed E-state index contributed by atoms with van der Waals surface area (Å²) in [7, 11) is 0. The summed E-state index contributed by atoms with van der Waals surface area (Å²) in [5, 5.41) is 12.6. The molecule has 1 aliphatic carbocycles. The summed E-state index contributed by atoms with van der Waals surface area (Å²) < 4.78 is 5.82. The third-order valence-electron chi connectivity index (χ3n) is 5.65. The number of anilines is 1. The van der Waals surface area contributed by atoms with Gasteiger partial charge in [0, 0.05) is 24.7 Å². The number of piperidine rings is 1. The lowest BCUT2D eigenvalue weighted by molar-refractivity contribution is -0.145. The van der Waals surface area contributed by atoms with Gasteiger partial charge in [0.05, 0.1) is 23.8 Å². The largest absolute Gasteiger partial charge is 0.492 e. The van der Waals surface area contributed by atoms with Crippen molar-refractivity contribution in [3.63, 3.8) is 0 Å². The molecule has 1 aromatic carbocycles. The van der Waals surface area contributed by atoms with E-state index in [0.717, 1.165) is 12.8 Å². The third-order valence-corrected chi connectivity index (χ3v) is 5.94. The minimum absolute atomic E-state index is 0.118. The Bertz CT molecular complexity index is 686. The Hall–Kier alpha value is -1.99. The van der Waals surface area contributed by atoms with Crippen LogP contribution in [-0.4, -0.2) is 54.2 Å². The maximum atomic E-state index is 12.6. The average Bonchev–Trinajstić information content (AvgIpc) is 2.63. The molecule has 7 nitrogen and oxygen atoms in total. The summed E-state index contributed by atoms with van der Waals surface area (Å²) in [5.74, 6) is 0.998. The van der Waals surface area contributed by atoms with Crippen molar-refractivity contribution in [3.05, 3.63) is 23.2 Å². The van der Waals surface area contributed by atoms with Gasteiger partial charge in [0.2, 0.25) is 12.3 Å². The van der Waals surface area contributed by atoms with E-state index in [9.17, 15) is 14.7 Å². The maximum absolute atomic E-state index is 12.6. The average molecular weight is 396 g/mol. The summed E-state index contributed by atoms with van der Waals surface area (Å²) in [6.45, 7) is 1.83. The minimum Gasteiger partial charge on any atom is -0.492 e. The molecular weight excluding hydrogens is 370 g/mol. The third kappa shape index (κ3) is 4.47. The number of nitrogens with two attached hydrogens (primary N) is 1. The van der Waals surface area contributed by atoms with Gasteiger partial charge in [-0.2, -0.15) is 0 Å². The molecule has 1 saturated carbocycles. The number of ether oxygens (including phenoxy) is 1. The van der Waals surface area contributed by atoms with E-state index in [-0.39, 0.29) is 18.4 Å². The molecule has 0 spiro atoms. The molecule has 2 fully saturated rings. The van der Waals surface area contributed by atoms with E-state index in [0.29, 0.717) is 61.3 Å². The Morgan fingerprint density at radius 3 is 2.70 bits per heavy atom. The number of carbonyl (C=O) groups is 2. The molecule has 0 atom stereocenters. The Kier molecular flexibility index (Phi) is 6.11. The normalized spacial score (nSPS) is 25.6. The molecule has 148 valence electrons. The van der Waals surface area contributed by atoms with E-state index in [2.05, 4.69) is 5.32 Å². The van der Waals surface area contributed by atoms with Gasteiger partial charge < -0.3 is 25.8 Å². The fraction of sp³-hybridized carbons (Fsp3) is 0.579. The van der Waals surface area contributed by atoms with Gasteiger partial charge >= 0.3 is 0 Å². The molecule has 4 N–H and O–H groups in total. The first kappa shape index (κ1) is 19.8. The molecule has 27 heavy (non-hydrogen) atoms. The number of hydrogen-bond acceptors (Lipinski definition) is 5. The number of nitrogens with zero attached hydrogens (tertiary/aromatic N) is 1. The summed E-state index contributed by atoms with van der Waals surface area (Å²) in [5.41, 5.74) is 5.66. The van der Waals surface area contributed by atoms with Crippen LogP contribution in [0.25, 0.3) is 0 Å². The van der Waals surface area contributed by atoms with Crippen LogP contribution < -0.4 is 15.8 Å². The molecule has 0 unspecified atom stereocenters. The fourth-order valence-electron chi connectivity index (χ4n) is 3.90. The van der Waals surface area contributed by atoms with Gasteiger partial charge in [-0.15, -0.1) is 0 Å². The van der Waals surface area contributed by atoms with Gasteiger partial charge in [-0.3, -0.25) is 9.59 Å². The van der Waals surface area contributed by atoms with E-state index in [1.54, 1.807) is 18.2 Å². The van der Waals surface area contributed by atoms with Crippen molar-refractivity contribution in [3.8, 4) is 5.75 Å². The topological polar surface area (TPSA) is 105 Å². The molecule has 0 aromatic heterocycles. The number of nitrogen functional groups attached to an aromatic ring is 1. The molecule has 8 heteroatoms. The lowest BCUT2D eigenvalue weighted by Gasteiger charge is -2.47. The monoisotopic (exact) mass is 395 g/mol. The summed E-state index contributed by atoms with van der Waals surface area (Å²) in [6.07, 6.45) is 3.35. The molecule has 2 amide bonds. The first-order chi connectivity index (χ1) is 13.0. The van der Waals surface area contributed by atoms with Gasteiger partial charge in [-0.1, -0.05) is 11.6 Å². The van der Waals surface area contributed by atoms with E-state index in [4.69, 9.17) is 22.1 Å². The molecule has 0 radical (unpaired) electrons. The lowest BCUT2D eigenvalue weighted by Crippen LogP contribution is -2.61. The van der Waals surface area contributed by atoms with Crippen LogP contribution in [0.15, 0.2) is 18.2 Å². The standard InChI is InChI=1S/C19H26ClN3O4/c20-16-7-15(21)1-2-17(16)27-10-13-3-5-23(6-4-13)18(26)14-8-19(9-14,11-24)22-12-25/h1-2,7,12-14,24H,3-6,8-11,21H2,(H,22,25)/t14-,19+. The van der Waals surface area contributed by atoms with Gasteiger partial charge in [-0.05, 0) is 49.8 Å². The lowest BCUT2D eigenvalue weighted by atomic mass is 9.68. The number of benzene rings is 1. The number of amides is 2. The first-order valence-corrected chi connectivity index (χ1v) is 9.63. The predicted octanol–water partition coefficient (Wildman–Crippen LogP) is 1.43. The summed E-state index contributed by atoms with van der Waals surface area (Å²) in [6, 6.07) is 5.20. The number of aliphatic hydroxyl groups excluding tert-OH is 1. The zero-order valence-electron chi connectivity index (χ0n) is 15.2. The number of halogens is 1. The predicted molar refractivity (Wildman–Crippen MR) is 102 cm³/mol. The van der Waals surface area contributed by atoms with Crippen LogP contribution in [0.1, 0.15) is 25.7 Å². The van der Waals surface area contributed by atoms with Gasteiger partial charge in [0.1, 0.15) is 5.75 Å². The van der Waals surface area contributed by atoms with Crippen LogP contribution >= 0.6 is 11.6 Å². The van der Waals surface area contributed by atoms with Crippen LogP contribution in [0.4, 0.5) is 5.69 Å². The quantitative estimate of drug-likeness (QED) is 0.478. The van der Waals surface area contributed by atoms with Crippen LogP contribution in [0.3, 0.4) is 0 Å². The number of carbonyl (C=O) groups excluding carboxylic acids is 2. The van der Waals surface area contributed by atoms with E-state index >= 15 is 0 Å². The number of hydrogen-bond donors (Lipinski definition) is 3. The minimum atomic E-state index is -0.618. The molecule has 2 aliphatic rings. The van der Waals surface area contributed by atoms with Crippen LogP contribution in [0.2, 0.25) is 5.02 Å². The highest BCUT2D eigenvalue weighted by molar-refractivity contribution is 6.32. The van der Waals surface area contributed by atoms with Crippen LogP contribution in [0, 0.1) is 11.8 Å². The van der Waals surface area contributed by atoms with Gasteiger partial charge in [-0.25, -0.2) is 0 Å². The number of nitrogens with one attached hydrogen (secondary N) is 1. The maximum Gasteiger partial charge on any atom is 0.225 e. The highest BCUT2D eigenvalue weighted by atomic mass is 35.5. The zero-order valence-corrected chi connectivity index (χ0v) is 16.0. The van der Waals surface area contributed by atoms with Crippen molar-refractivity contribution in [2.45, 2.75) is 31.2 Å². The molecule has 1 heterocycles. The van der Waals surface area contributed by atoms with Crippen molar-refractivity contribution < 1.29 is 19.4 Å². The second-order valence-corrected chi connectivity index (χ2v) is 7.98. The fourth-order valence-corrected chi connectivity index (χ4v) is 4.14. The summed E-state index contributed by atoms with van der Waals surface area (Å²) in [4.78, 5) is 25.2. The van der Waals surface area contributed by atoms with Crippen molar-refractivity contribution in [1.29, 1.82) is 0 Å². The van der Waals surface area contributed by atoms with Crippen molar-refractivity contribution in [2.24, 2.45) is 11.8 Å². The molecule has 0 bridgehead atoms. The van der Waals surface area contributed by atoms with E-state index in [1.807, 2.05) is 4.90 Å². The van der Waals surface area contributed by atoms with Gasteiger partial charge in [0.15, 0.2) is 0 Å². The Morgan fingerprint density at radius 2 is 2.11 bits per heavy atom. The van der Waals surface area contributed by atoms with Crippen LogP contribution in [-0.2, 0) is 9.59 Å². The second kappa shape index (κ2) is 8.35. The second-order valence-electron chi connectivity index (χ2n) is 7.58. The molecule has 3 rings (SSSR count). The Labute approximate surface area is 163 Å². The Morgan fingerprint density at radius 1 is 1.41 bits per heavy atom. The van der Waals surface area contributed by atoms with E-state index in [1.165, 1.54) is 0 Å².